The lowest BCUT2D eigenvalue weighted by Gasteiger charge is -2.09. The summed E-state index contributed by atoms with van der Waals surface area (Å²) in [5.74, 6) is 0. The van der Waals surface area contributed by atoms with Gasteiger partial charge in [0.25, 0.3) is 22.2 Å². The highest BCUT2D eigenvalue weighted by Crippen LogP contribution is 2.17. The van der Waals surface area contributed by atoms with Gasteiger partial charge >= 0.3 is 24.5 Å². The topological polar surface area (TPSA) is 166 Å². The van der Waals surface area contributed by atoms with E-state index in [1.165, 1.54) is 60.7 Å². The zero-order valence-electron chi connectivity index (χ0n) is 25.4. The van der Waals surface area contributed by atoms with Gasteiger partial charge in [0.15, 0.2) is 13.2 Å². The summed E-state index contributed by atoms with van der Waals surface area (Å²) in [7, 11) is 0. The van der Waals surface area contributed by atoms with Crippen LogP contribution in [0.4, 0.5) is 57.8 Å². The quantitative estimate of drug-likeness (QED) is 0.0979. The maximum absolute atomic E-state index is 11.8. The van der Waals surface area contributed by atoms with Crippen LogP contribution < -0.4 is 16.0 Å². The lowest BCUT2D eigenvalue weighted by molar-refractivity contribution is -0.159. The Kier molecular flexibility index (Phi) is 19.5. The van der Waals surface area contributed by atoms with Crippen molar-refractivity contribution in [3.05, 3.63) is 89.5 Å². The molecule has 0 heterocycles. The summed E-state index contributed by atoms with van der Waals surface area (Å²) in [5.41, 5.74) is 1.23. The van der Waals surface area contributed by atoms with Gasteiger partial charge in [-0.3, -0.25) is 30.3 Å². The summed E-state index contributed by atoms with van der Waals surface area (Å²) in [6, 6.07) is 17.1. The molecule has 3 N–H and O–H groups in total. The van der Waals surface area contributed by atoms with E-state index < -0.39 is 66.5 Å². The molecule has 0 aliphatic carbocycles. The SMILES string of the molecule is O=C(Nc1cccc(C(=O)Cl)c1)OCC(F)(F)F.O=C(Nc1cccc(C(=O)Cl)c1)OCC(F)F.O=C(Nc1cccc(C(=O)Cl)c1)OCCF. The molecule has 0 unspecified atom stereocenters. The van der Waals surface area contributed by atoms with Crippen molar-refractivity contribution in [2.75, 3.05) is 42.4 Å². The molecule has 0 atom stereocenters. The molecular weight excluding hydrogens is 767 g/mol. The predicted octanol–water partition coefficient (Wildman–Crippen LogP) is 8.64. The Morgan fingerprint density at radius 2 is 0.961 bits per heavy atom. The molecule has 0 saturated carbocycles. The van der Waals surface area contributed by atoms with Gasteiger partial charge in [0, 0.05) is 33.8 Å². The zero-order valence-corrected chi connectivity index (χ0v) is 27.7. The molecule has 0 bridgehead atoms. The van der Waals surface area contributed by atoms with Crippen LogP contribution in [-0.2, 0) is 14.2 Å². The Balaban J connectivity index is 0.000000383. The number of halogens is 9. The third-order valence-electron chi connectivity index (χ3n) is 5.03. The van der Waals surface area contributed by atoms with Gasteiger partial charge in [-0.2, -0.15) is 13.2 Å². The number of amides is 3. The summed E-state index contributed by atoms with van der Waals surface area (Å²) < 4.78 is 83.0. The standard InChI is InChI=1S/C10H7ClF3NO3.C10H8ClF2NO3.C10H9ClFNO3/c11-8(16)6-2-1-3-7(4-6)15-9(17)18-5-10(12,13)14;11-9(15)6-2-1-3-7(4-6)14-10(16)17-5-8(12)13;11-9(14)7-2-1-3-8(6-7)13-10(15)16-5-4-12/h1-4H,5H2,(H,15,17);1-4,8H,5H2,(H,14,16);1-3,6H,4-5H2,(H,13,15). The number of carbonyl (C=O) groups excluding carboxylic acids is 6. The fourth-order valence-corrected chi connectivity index (χ4v) is 3.39. The van der Waals surface area contributed by atoms with Gasteiger partial charge in [-0.1, -0.05) is 18.2 Å². The molecule has 12 nitrogen and oxygen atoms in total. The van der Waals surface area contributed by atoms with E-state index in [1.807, 2.05) is 5.32 Å². The van der Waals surface area contributed by atoms with E-state index in [4.69, 9.17) is 34.8 Å². The molecule has 21 heteroatoms. The van der Waals surface area contributed by atoms with E-state index in [1.54, 1.807) is 12.1 Å². The van der Waals surface area contributed by atoms with Crippen LogP contribution in [0.1, 0.15) is 31.1 Å². The fourth-order valence-electron chi connectivity index (χ4n) is 3.04. The van der Waals surface area contributed by atoms with Crippen LogP contribution in [0, 0.1) is 0 Å². The number of anilines is 3. The number of carbonyl (C=O) groups is 6. The molecule has 3 aromatic rings. The lowest BCUT2D eigenvalue weighted by Crippen LogP contribution is -2.23. The van der Waals surface area contributed by atoms with Crippen LogP contribution in [0.15, 0.2) is 72.8 Å². The summed E-state index contributed by atoms with van der Waals surface area (Å²) >= 11 is 15.7. The maximum atomic E-state index is 11.8. The summed E-state index contributed by atoms with van der Waals surface area (Å²) in [6.45, 7) is -3.72. The second-order valence-electron chi connectivity index (χ2n) is 8.94. The Hall–Kier alpha value is -5.07. The second-order valence-corrected chi connectivity index (χ2v) is 9.97. The van der Waals surface area contributed by atoms with E-state index in [0.29, 0.717) is 5.69 Å². The average Bonchev–Trinajstić information content (AvgIpc) is 3.06. The first-order valence-corrected chi connectivity index (χ1v) is 14.7. The summed E-state index contributed by atoms with van der Waals surface area (Å²) in [4.78, 5) is 65.5. The number of hydrogen-bond donors (Lipinski definition) is 3. The van der Waals surface area contributed by atoms with Crippen molar-refractivity contribution in [1.82, 2.24) is 0 Å². The first-order valence-electron chi connectivity index (χ1n) is 13.5. The number of alkyl halides is 6. The largest absolute Gasteiger partial charge is 0.447 e. The molecule has 0 spiro atoms. The Morgan fingerprint density at radius 3 is 1.27 bits per heavy atom. The van der Waals surface area contributed by atoms with Gasteiger partial charge in [0.1, 0.15) is 13.3 Å². The molecule has 0 fully saturated rings. The first-order chi connectivity index (χ1) is 23.9. The second kappa shape index (κ2) is 22.6. The zero-order chi connectivity index (χ0) is 38.6. The molecule has 3 aromatic carbocycles. The van der Waals surface area contributed by atoms with Crippen molar-refractivity contribution in [3.8, 4) is 0 Å². The van der Waals surface area contributed by atoms with Crippen LogP contribution >= 0.6 is 34.8 Å². The molecule has 276 valence electrons. The molecule has 0 radical (unpaired) electrons. The number of nitrogens with one attached hydrogen (secondary N) is 3. The highest BCUT2D eigenvalue weighted by atomic mass is 35.5. The van der Waals surface area contributed by atoms with Gasteiger partial charge in [0.05, 0.1) is 0 Å². The van der Waals surface area contributed by atoms with Crippen molar-refractivity contribution in [1.29, 1.82) is 0 Å². The minimum atomic E-state index is -4.59. The highest BCUT2D eigenvalue weighted by molar-refractivity contribution is 6.68. The first kappa shape index (κ1) is 44.0. The smallest absolute Gasteiger partial charge is 0.422 e. The Labute approximate surface area is 299 Å². The minimum Gasteiger partial charge on any atom is -0.447 e. The highest BCUT2D eigenvalue weighted by Gasteiger charge is 2.29. The average molecular weight is 791 g/mol. The van der Waals surface area contributed by atoms with Gasteiger partial charge in [-0.15, -0.1) is 0 Å². The van der Waals surface area contributed by atoms with Crippen LogP contribution in [-0.4, -0.2) is 73.1 Å². The molecule has 3 rings (SSSR count). The Bertz CT molecular complexity index is 1670. The van der Waals surface area contributed by atoms with Crippen molar-refractivity contribution in [2.24, 2.45) is 0 Å². The van der Waals surface area contributed by atoms with E-state index in [2.05, 4.69) is 24.8 Å². The molecule has 0 saturated heterocycles. The monoisotopic (exact) mass is 789 g/mol. The normalized spacial score (nSPS) is 10.2. The van der Waals surface area contributed by atoms with Crippen molar-refractivity contribution >= 4 is 85.9 Å². The fraction of sp³-hybridized carbons (Fsp3) is 0.200. The van der Waals surface area contributed by atoms with Gasteiger partial charge in [0.2, 0.25) is 0 Å². The number of benzene rings is 3. The van der Waals surface area contributed by atoms with Crippen LogP contribution in [0.3, 0.4) is 0 Å². The van der Waals surface area contributed by atoms with E-state index >= 15 is 0 Å². The van der Waals surface area contributed by atoms with E-state index in [9.17, 15) is 55.1 Å². The van der Waals surface area contributed by atoms with Crippen LogP contribution in [0.2, 0.25) is 0 Å². The summed E-state index contributed by atoms with van der Waals surface area (Å²) in [5, 5.41) is 4.50. The van der Waals surface area contributed by atoms with Gasteiger partial charge in [-0.05, 0) is 89.4 Å². The van der Waals surface area contributed by atoms with Crippen LogP contribution in [0.25, 0.3) is 0 Å². The van der Waals surface area contributed by atoms with Crippen molar-refractivity contribution in [3.63, 3.8) is 0 Å². The van der Waals surface area contributed by atoms with Crippen molar-refractivity contribution < 1.29 is 69.3 Å². The maximum Gasteiger partial charge on any atom is 0.422 e. The van der Waals surface area contributed by atoms with Crippen molar-refractivity contribution in [2.45, 2.75) is 12.6 Å². The predicted molar refractivity (Wildman–Crippen MR) is 173 cm³/mol. The minimum absolute atomic E-state index is 0.102. The number of rotatable bonds is 11. The molecule has 0 aliphatic heterocycles. The summed E-state index contributed by atoms with van der Waals surface area (Å²) in [6.07, 6.45) is -10.4. The van der Waals surface area contributed by atoms with Gasteiger partial charge in [-0.25, -0.2) is 27.6 Å². The van der Waals surface area contributed by atoms with Crippen LogP contribution in [0.5, 0.6) is 0 Å². The molecule has 0 aliphatic rings. The molecular formula is C30H24Cl3F6N3O9. The molecule has 51 heavy (non-hydrogen) atoms. The Morgan fingerprint density at radius 1 is 0.608 bits per heavy atom. The molecule has 3 amide bonds. The lowest BCUT2D eigenvalue weighted by atomic mass is 10.2. The molecule has 0 aromatic heterocycles. The van der Waals surface area contributed by atoms with Gasteiger partial charge < -0.3 is 14.2 Å². The van der Waals surface area contributed by atoms with E-state index in [0.717, 1.165) is 0 Å². The van der Waals surface area contributed by atoms with E-state index in [-0.39, 0.29) is 34.7 Å². The third kappa shape index (κ3) is 20.3. The number of ether oxygens (including phenoxy) is 3. The number of hydrogen-bond acceptors (Lipinski definition) is 9. The third-order valence-corrected chi connectivity index (χ3v) is 5.68.